The predicted molar refractivity (Wildman–Crippen MR) is 85.1 cm³/mol. The minimum atomic E-state index is 0.411. The van der Waals surface area contributed by atoms with Gasteiger partial charge in [0.1, 0.15) is 0 Å². The van der Waals surface area contributed by atoms with Gasteiger partial charge in [-0.25, -0.2) is 0 Å². The van der Waals surface area contributed by atoms with E-state index in [2.05, 4.69) is 0 Å². The summed E-state index contributed by atoms with van der Waals surface area (Å²) in [5.41, 5.74) is 1.50. The third-order valence-electron chi connectivity index (χ3n) is 2.75. The van der Waals surface area contributed by atoms with Crippen LogP contribution in [0.3, 0.4) is 0 Å². The van der Waals surface area contributed by atoms with Crippen molar-refractivity contribution in [2.45, 2.75) is 6.92 Å². The Bertz CT molecular complexity index is 601. The van der Waals surface area contributed by atoms with Crippen LogP contribution in [0.25, 0.3) is 0 Å². The van der Waals surface area contributed by atoms with Crippen molar-refractivity contribution in [2.75, 3.05) is 0 Å². The van der Waals surface area contributed by atoms with Crippen molar-refractivity contribution in [3.8, 4) is 0 Å². The van der Waals surface area contributed by atoms with Crippen LogP contribution in [0, 0.1) is 5.92 Å². The van der Waals surface area contributed by atoms with Gasteiger partial charge in [-0.1, -0.05) is 71.0 Å². The van der Waals surface area contributed by atoms with Crippen LogP contribution in [0.1, 0.15) is 18.1 Å². The van der Waals surface area contributed by atoms with Crippen molar-refractivity contribution in [3.05, 3.63) is 72.5 Å². The third-order valence-corrected chi connectivity index (χ3v) is 4.42. The normalized spacial score (nSPS) is 11.1. The van der Waals surface area contributed by atoms with Gasteiger partial charge in [0, 0.05) is 26.5 Å². The summed E-state index contributed by atoms with van der Waals surface area (Å²) in [5, 5.41) is 2.47. The number of halogens is 5. The van der Waals surface area contributed by atoms with Crippen LogP contribution < -0.4 is 0 Å². The van der Waals surface area contributed by atoms with Gasteiger partial charge in [-0.3, -0.25) is 0 Å². The van der Waals surface area contributed by atoms with Gasteiger partial charge in [-0.2, -0.15) is 0 Å². The maximum atomic E-state index is 6.20. The van der Waals surface area contributed by atoms with E-state index in [-0.39, 0.29) is 0 Å². The molecule has 0 N–H and O–H groups in total. The predicted octanol–water partition coefficient (Wildman–Crippen LogP) is 6.94. The Kier molecular flexibility index (Phi) is 4.92. The summed E-state index contributed by atoms with van der Waals surface area (Å²) in [6.45, 7) is 1.89. The van der Waals surface area contributed by atoms with E-state index in [0.29, 0.717) is 25.1 Å². The molecule has 1 radical (unpaired) electrons. The van der Waals surface area contributed by atoms with Gasteiger partial charge >= 0.3 is 0 Å². The fraction of sp³-hybridized carbons (Fsp3) is 0.0714. The van der Waals surface area contributed by atoms with E-state index < -0.39 is 0 Å². The first-order valence-corrected chi connectivity index (χ1v) is 7.23. The largest absolute Gasteiger partial charge is 0.0839 e. The highest BCUT2D eigenvalue weighted by Gasteiger charge is 2.19. The molecule has 0 bridgehead atoms. The van der Waals surface area contributed by atoms with Gasteiger partial charge in [0.15, 0.2) is 0 Å². The van der Waals surface area contributed by atoms with Crippen molar-refractivity contribution in [1.29, 1.82) is 0 Å². The monoisotopic (exact) mass is 351 g/mol. The van der Waals surface area contributed by atoms with Gasteiger partial charge in [-0.15, -0.1) is 0 Å². The minimum Gasteiger partial charge on any atom is -0.0839 e. The maximum Gasteiger partial charge on any atom is 0.0607 e. The molecule has 0 aliphatic carbocycles. The highest BCUT2D eigenvalue weighted by molar-refractivity contribution is 6.43. The fourth-order valence-electron chi connectivity index (χ4n) is 1.80. The van der Waals surface area contributed by atoms with E-state index in [1.54, 1.807) is 30.3 Å². The van der Waals surface area contributed by atoms with Crippen molar-refractivity contribution < 1.29 is 0 Å². The summed E-state index contributed by atoms with van der Waals surface area (Å²) in [5.74, 6) is 0.846. The Hall–Kier alpha value is -0.110. The lowest BCUT2D eigenvalue weighted by Gasteiger charge is -2.17. The molecule has 5 heteroatoms. The standard InChI is InChI=1S/C14H8Cl5/c1-7(14-9(15)3-2-4-10(14)16)8-5-12(18)13(19)6-11(8)17/h2-6H,1H3. The van der Waals surface area contributed by atoms with Crippen molar-refractivity contribution in [2.24, 2.45) is 0 Å². The molecule has 0 saturated carbocycles. The molecule has 0 spiro atoms. The molecule has 99 valence electrons. The van der Waals surface area contributed by atoms with Gasteiger partial charge < -0.3 is 0 Å². The zero-order valence-electron chi connectivity index (χ0n) is 9.78. The number of rotatable bonds is 2. The maximum absolute atomic E-state index is 6.20. The van der Waals surface area contributed by atoms with Crippen molar-refractivity contribution >= 4 is 58.0 Å². The van der Waals surface area contributed by atoms with Crippen LogP contribution in [0.15, 0.2) is 30.3 Å². The van der Waals surface area contributed by atoms with Crippen LogP contribution in [0.2, 0.25) is 25.1 Å². The first-order chi connectivity index (χ1) is 8.91. The van der Waals surface area contributed by atoms with E-state index in [1.807, 2.05) is 6.92 Å². The number of hydrogen-bond acceptors (Lipinski definition) is 0. The highest BCUT2D eigenvalue weighted by Crippen LogP contribution is 2.39. The second-order valence-electron chi connectivity index (χ2n) is 3.97. The molecule has 0 heterocycles. The van der Waals surface area contributed by atoms with Crippen molar-refractivity contribution in [1.82, 2.24) is 0 Å². The Morgan fingerprint density at radius 3 is 1.84 bits per heavy atom. The van der Waals surface area contributed by atoms with Gasteiger partial charge in [0.05, 0.1) is 10.0 Å². The van der Waals surface area contributed by atoms with E-state index in [0.717, 1.165) is 17.0 Å². The molecule has 2 aromatic carbocycles. The van der Waals surface area contributed by atoms with E-state index >= 15 is 0 Å². The molecule has 0 aliphatic heterocycles. The average molecular weight is 353 g/mol. The minimum absolute atomic E-state index is 0.411. The molecular weight excluding hydrogens is 345 g/mol. The van der Waals surface area contributed by atoms with E-state index in [1.165, 1.54) is 0 Å². The Balaban J connectivity index is 2.56. The van der Waals surface area contributed by atoms with Crippen LogP contribution in [-0.2, 0) is 0 Å². The number of benzene rings is 2. The summed E-state index contributed by atoms with van der Waals surface area (Å²) < 4.78 is 0. The quantitative estimate of drug-likeness (QED) is 0.513. The fourth-order valence-corrected chi connectivity index (χ4v) is 3.17. The molecule has 0 unspecified atom stereocenters. The van der Waals surface area contributed by atoms with Gasteiger partial charge in [0.2, 0.25) is 0 Å². The summed E-state index contributed by atoms with van der Waals surface area (Å²) >= 11 is 30.5. The lowest BCUT2D eigenvalue weighted by molar-refractivity contribution is 1.19. The van der Waals surface area contributed by atoms with E-state index in [9.17, 15) is 0 Å². The summed E-state index contributed by atoms with van der Waals surface area (Å²) in [7, 11) is 0. The second-order valence-corrected chi connectivity index (χ2v) is 6.00. The van der Waals surface area contributed by atoms with E-state index in [4.69, 9.17) is 58.0 Å². The Labute approximate surface area is 137 Å². The van der Waals surface area contributed by atoms with Crippen LogP contribution in [0.5, 0.6) is 0 Å². The molecule has 2 aromatic rings. The molecule has 0 nitrogen and oxygen atoms in total. The van der Waals surface area contributed by atoms with Crippen molar-refractivity contribution in [3.63, 3.8) is 0 Å². The molecule has 0 fully saturated rings. The van der Waals surface area contributed by atoms with Gasteiger partial charge in [0.25, 0.3) is 0 Å². The average Bonchev–Trinajstić information content (AvgIpc) is 2.33. The molecule has 0 aromatic heterocycles. The topological polar surface area (TPSA) is 0 Å². The first kappa shape index (κ1) is 15.3. The summed E-state index contributed by atoms with van der Waals surface area (Å²) in [4.78, 5) is 0. The van der Waals surface area contributed by atoms with Crippen LogP contribution in [0.4, 0.5) is 0 Å². The molecule has 0 atom stereocenters. The molecule has 19 heavy (non-hydrogen) atoms. The second kappa shape index (κ2) is 6.11. The van der Waals surface area contributed by atoms with Crippen LogP contribution in [-0.4, -0.2) is 0 Å². The molecular formula is C14H8Cl5. The summed E-state index contributed by atoms with van der Waals surface area (Å²) in [6.07, 6.45) is 0. The third kappa shape index (κ3) is 3.15. The Morgan fingerprint density at radius 1 is 0.737 bits per heavy atom. The lowest BCUT2D eigenvalue weighted by atomic mass is 9.93. The Morgan fingerprint density at radius 2 is 1.26 bits per heavy atom. The lowest BCUT2D eigenvalue weighted by Crippen LogP contribution is -2.00. The zero-order valence-corrected chi connectivity index (χ0v) is 13.6. The summed E-state index contributed by atoms with van der Waals surface area (Å²) in [6, 6.07) is 8.66. The highest BCUT2D eigenvalue weighted by atomic mass is 35.5. The molecule has 2 rings (SSSR count). The number of hydrogen-bond donors (Lipinski definition) is 0. The SMILES string of the molecule is C[C](c1cc(Cl)c(Cl)cc1Cl)c1c(Cl)cccc1Cl. The zero-order chi connectivity index (χ0) is 14.2. The molecule has 0 saturated heterocycles. The molecule has 0 amide bonds. The first-order valence-electron chi connectivity index (χ1n) is 5.34. The van der Waals surface area contributed by atoms with Gasteiger partial charge in [-0.05, 0) is 29.8 Å². The smallest absolute Gasteiger partial charge is 0.0607 e. The van der Waals surface area contributed by atoms with Crippen LogP contribution >= 0.6 is 58.0 Å². The molecule has 0 aliphatic rings.